The number of halogens is 1. The summed E-state index contributed by atoms with van der Waals surface area (Å²) in [4.78, 5) is 0. The van der Waals surface area contributed by atoms with Crippen LogP contribution in [-0.2, 0) is 12.6 Å². The van der Waals surface area contributed by atoms with E-state index in [0.717, 1.165) is 23.1 Å². The van der Waals surface area contributed by atoms with Crippen molar-refractivity contribution in [2.24, 2.45) is 12.8 Å². The van der Waals surface area contributed by atoms with E-state index in [-0.39, 0.29) is 5.54 Å². The first-order chi connectivity index (χ1) is 6.12. The summed E-state index contributed by atoms with van der Waals surface area (Å²) < 4.78 is 2.76. The number of aryl methyl sites for hydroxylation is 1. The second-order valence-electron chi connectivity index (χ2n) is 3.84. The maximum Gasteiger partial charge on any atom is 0.128 e. The minimum Gasteiger partial charge on any atom is -0.320 e. The van der Waals surface area contributed by atoms with Gasteiger partial charge in [-0.1, -0.05) is 12.8 Å². The van der Waals surface area contributed by atoms with E-state index in [0.29, 0.717) is 0 Å². The molecule has 3 nitrogen and oxygen atoms in total. The first-order valence-electron chi connectivity index (χ1n) is 4.61. The van der Waals surface area contributed by atoms with Crippen molar-refractivity contribution < 1.29 is 0 Å². The predicted octanol–water partition coefficient (Wildman–Crippen LogP) is 1.91. The standard InChI is InChI=1S/C9H14BrN3/c1-13-7(6-8(10)12-13)9(11)4-2-3-5-9/h6H,2-5,11H2,1H3. The van der Waals surface area contributed by atoms with Crippen LogP contribution in [0.15, 0.2) is 10.7 Å². The van der Waals surface area contributed by atoms with Gasteiger partial charge in [-0.05, 0) is 34.8 Å². The van der Waals surface area contributed by atoms with Crippen molar-refractivity contribution in [1.82, 2.24) is 9.78 Å². The lowest BCUT2D eigenvalue weighted by Crippen LogP contribution is -2.35. The summed E-state index contributed by atoms with van der Waals surface area (Å²) >= 11 is 3.37. The van der Waals surface area contributed by atoms with E-state index in [4.69, 9.17) is 5.73 Å². The molecule has 0 radical (unpaired) electrons. The quantitative estimate of drug-likeness (QED) is 0.820. The third-order valence-corrected chi connectivity index (χ3v) is 3.24. The number of rotatable bonds is 1. The summed E-state index contributed by atoms with van der Waals surface area (Å²) in [7, 11) is 1.95. The summed E-state index contributed by atoms with van der Waals surface area (Å²) in [5, 5.41) is 4.25. The van der Waals surface area contributed by atoms with Crippen LogP contribution >= 0.6 is 15.9 Å². The first kappa shape index (κ1) is 9.21. The molecule has 0 aliphatic heterocycles. The van der Waals surface area contributed by atoms with E-state index in [2.05, 4.69) is 21.0 Å². The van der Waals surface area contributed by atoms with E-state index in [1.807, 2.05) is 17.8 Å². The monoisotopic (exact) mass is 243 g/mol. The molecule has 0 atom stereocenters. The molecule has 0 aromatic carbocycles. The summed E-state index contributed by atoms with van der Waals surface area (Å²) in [5.74, 6) is 0. The smallest absolute Gasteiger partial charge is 0.128 e. The van der Waals surface area contributed by atoms with Crippen LogP contribution in [0, 0.1) is 0 Å². The number of nitrogens with two attached hydrogens (primary N) is 1. The van der Waals surface area contributed by atoms with Gasteiger partial charge in [0.15, 0.2) is 0 Å². The molecule has 0 bridgehead atoms. The van der Waals surface area contributed by atoms with Crippen molar-refractivity contribution in [1.29, 1.82) is 0 Å². The van der Waals surface area contributed by atoms with Crippen molar-refractivity contribution in [3.8, 4) is 0 Å². The summed E-state index contributed by atoms with van der Waals surface area (Å²) in [5.41, 5.74) is 7.33. The molecule has 1 heterocycles. The molecule has 1 fully saturated rings. The van der Waals surface area contributed by atoms with Crippen molar-refractivity contribution in [2.45, 2.75) is 31.2 Å². The van der Waals surface area contributed by atoms with Gasteiger partial charge in [0, 0.05) is 7.05 Å². The molecule has 72 valence electrons. The van der Waals surface area contributed by atoms with Gasteiger partial charge < -0.3 is 5.73 Å². The van der Waals surface area contributed by atoms with Gasteiger partial charge in [-0.15, -0.1) is 0 Å². The van der Waals surface area contributed by atoms with Crippen LogP contribution in [0.4, 0.5) is 0 Å². The summed E-state index contributed by atoms with van der Waals surface area (Å²) in [6.45, 7) is 0. The Bertz CT molecular complexity index is 313. The minimum absolute atomic E-state index is 0.131. The zero-order chi connectivity index (χ0) is 9.47. The Hall–Kier alpha value is -0.350. The molecule has 0 spiro atoms. The molecule has 1 saturated carbocycles. The molecular formula is C9H14BrN3. The highest BCUT2D eigenvalue weighted by Crippen LogP contribution is 2.36. The zero-order valence-electron chi connectivity index (χ0n) is 7.76. The van der Waals surface area contributed by atoms with E-state index < -0.39 is 0 Å². The lowest BCUT2D eigenvalue weighted by Gasteiger charge is -2.23. The molecule has 1 aliphatic carbocycles. The highest BCUT2D eigenvalue weighted by atomic mass is 79.9. The number of aromatic nitrogens is 2. The van der Waals surface area contributed by atoms with Crippen LogP contribution in [0.1, 0.15) is 31.4 Å². The predicted molar refractivity (Wildman–Crippen MR) is 55.2 cm³/mol. The zero-order valence-corrected chi connectivity index (χ0v) is 9.34. The van der Waals surface area contributed by atoms with Crippen molar-refractivity contribution >= 4 is 15.9 Å². The SMILES string of the molecule is Cn1nc(Br)cc1C1(N)CCCC1. The van der Waals surface area contributed by atoms with E-state index in [9.17, 15) is 0 Å². The molecule has 1 aromatic heterocycles. The summed E-state index contributed by atoms with van der Waals surface area (Å²) in [6, 6.07) is 2.03. The molecule has 1 aliphatic rings. The summed E-state index contributed by atoms with van der Waals surface area (Å²) in [6.07, 6.45) is 4.64. The molecule has 1 aromatic rings. The molecule has 13 heavy (non-hydrogen) atoms. The van der Waals surface area contributed by atoms with Crippen LogP contribution in [0.3, 0.4) is 0 Å². The van der Waals surface area contributed by atoms with Crippen molar-refractivity contribution in [2.75, 3.05) is 0 Å². The Labute approximate surface area is 86.4 Å². The fourth-order valence-electron chi connectivity index (χ4n) is 2.16. The third-order valence-electron chi connectivity index (χ3n) is 2.86. The molecule has 0 amide bonds. The normalized spacial score (nSPS) is 20.8. The third kappa shape index (κ3) is 1.53. The van der Waals surface area contributed by atoms with Gasteiger partial charge >= 0.3 is 0 Å². The Morgan fingerprint density at radius 3 is 2.62 bits per heavy atom. The molecule has 2 N–H and O–H groups in total. The Kier molecular flexibility index (Phi) is 2.20. The van der Waals surface area contributed by atoms with Crippen LogP contribution in [0.25, 0.3) is 0 Å². The van der Waals surface area contributed by atoms with Gasteiger partial charge in [-0.2, -0.15) is 5.10 Å². The van der Waals surface area contributed by atoms with Crippen LogP contribution in [0.5, 0.6) is 0 Å². The van der Waals surface area contributed by atoms with Crippen LogP contribution in [0.2, 0.25) is 0 Å². The van der Waals surface area contributed by atoms with Crippen LogP contribution < -0.4 is 5.73 Å². The van der Waals surface area contributed by atoms with Gasteiger partial charge in [0.2, 0.25) is 0 Å². The molecule has 0 unspecified atom stereocenters. The highest BCUT2D eigenvalue weighted by molar-refractivity contribution is 9.10. The number of hydrogen-bond acceptors (Lipinski definition) is 2. The minimum atomic E-state index is -0.131. The Morgan fingerprint density at radius 1 is 1.54 bits per heavy atom. The topological polar surface area (TPSA) is 43.8 Å². The maximum atomic E-state index is 6.31. The average Bonchev–Trinajstić information content (AvgIpc) is 2.59. The molecule has 2 rings (SSSR count). The van der Waals surface area contributed by atoms with Crippen LogP contribution in [-0.4, -0.2) is 9.78 Å². The first-order valence-corrected chi connectivity index (χ1v) is 5.40. The average molecular weight is 244 g/mol. The van der Waals surface area contributed by atoms with Gasteiger partial charge in [-0.25, -0.2) is 0 Å². The maximum absolute atomic E-state index is 6.31. The Morgan fingerprint density at radius 2 is 2.15 bits per heavy atom. The van der Waals surface area contributed by atoms with E-state index in [1.54, 1.807) is 0 Å². The van der Waals surface area contributed by atoms with Crippen molar-refractivity contribution in [3.63, 3.8) is 0 Å². The fourth-order valence-corrected chi connectivity index (χ4v) is 2.62. The highest BCUT2D eigenvalue weighted by Gasteiger charge is 2.33. The second kappa shape index (κ2) is 3.10. The second-order valence-corrected chi connectivity index (χ2v) is 4.65. The Balaban J connectivity index is 2.38. The van der Waals surface area contributed by atoms with E-state index >= 15 is 0 Å². The molecule has 0 saturated heterocycles. The van der Waals surface area contributed by atoms with Gasteiger partial charge in [0.1, 0.15) is 4.60 Å². The largest absolute Gasteiger partial charge is 0.320 e. The lowest BCUT2D eigenvalue weighted by atomic mass is 9.95. The van der Waals surface area contributed by atoms with E-state index in [1.165, 1.54) is 12.8 Å². The fraction of sp³-hybridized carbons (Fsp3) is 0.667. The number of hydrogen-bond donors (Lipinski definition) is 1. The van der Waals surface area contributed by atoms with Crippen molar-refractivity contribution in [3.05, 3.63) is 16.4 Å². The van der Waals surface area contributed by atoms with Gasteiger partial charge in [0.05, 0.1) is 11.2 Å². The molecule has 4 heteroatoms. The van der Waals surface area contributed by atoms with Gasteiger partial charge in [0.25, 0.3) is 0 Å². The molecular weight excluding hydrogens is 230 g/mol. The van der Waals surface area contributed by atoms with Gasteiger partial charge in [-0.3, -0.25) is 4.68 Å². The number of nitrogens with zero attached hydrogens (tertiary/aromatic N) is 2. The lowest BCUT2D eigenvalue weighted by molar-refractivity contribution is 0.423.